The highest BCUT2D eigenvalue weighted by molar-refractivity contribution is 9.10. The molecule has 2 aromatic rings. The maximum atomic E-state index is 12.7. The number of thiocarbonyl (C=S) groups is 1. The smallest absolute Gasteiger partial charge is 0.269 e. The fourth-order valence-corrected chi connectivity index (χ4v) is 4.64. The molecule has 1 aliphatic heterocycles. The Balaban J connectivity index is 1.46. The summed E-state index contributed by atoms with van der Waals surface area (Å²) in [4.78, 5) is 38.9. The van der Waals surface area contributed by atoms with Gasteiger partial charge in [0.15, 0.2) is 0 Å². The van der Waals surface area contributed by atoms with Crippen molar-refractivity contribution in [2.75, 3.05) is 6.54 Å². The van der Waals surface area contributed by atoms with Crippen molar-refractivity contribution < 1.29 is 14.4 Å². The molecule has 3 amide bonds. The van der Waals surface area contributed by atoms with Gasteiger partial charge in [-0.3, -0.25) is 30.1 Å². The number of halogens is 1. The van der Waals surface area contributed by atoms with Crippen LogP contribution in [-0.4, -0.2) is 33.5 Å². The van der Waals surface area contributed by atoms with E-state index in [9.17, 15) is 14.4 Å². The maximum absolute atomic E-state index is 12.7. The minimum Gasteiger partial charge on any atom is -0.293 e. The third kappa shape index (κ3) is 7.38. The first-order chi connectivity index (χ1) is 15.8. The molecule has 0 saturated carbocycles. The van der Waals surface area contributed by atoms with Crippen molar-refractivity contribution in [2.45, 2.75) is 19.8 Å². The van der Waals surface area contributed by atoms with Gasteiger partial charge in [-0.25, -0.2) is 0 Å². The van der Waals surface area contributed by atoms with E-state index >= 15 is 0 Å². The number of benzene rings is 2. The lowest BCUT2D eigenvalue weighted by Crippen LogP contribution is -2.41. The Morgan fingerprint density at radius 2 is 1.79 bits per heavy atom. The minimum atomic E-state index is -0.406. The average Bonchev–Trinajstić information content (AvgIpc) is 3.05. The second-order valence-corrected chi connectivity index (χ2v) is 9.84. The molecule has 6 nitrogen and oxygen atoms in total. The van der Waals surface area contributed by atoms with E-state index in [1.165, 1.54) is 16.7 Å². The summed E-state index contributed by atoms with van der Waals surface area (Å²) >= 11 is 9.91. The SMILES string of the molecule is CC(/C=C1\SC(=S)N(CCCC(=O)NNC(=O)c2ccc(Br)cc2)C1=O)=C\c1ccccc1. The lowest BCUT2D eigenvalue weighted by Gasteiger charge is -2.14. The Morgan fingerprint density at radius 1 is 1.09 bits per heavy atom. The van der Waals surface area contributed by atoms with Crippen LogP contribution < -0.4 is 10.9 Å². The van der Waals surface area contributed by atoms with Crippen LogP contribution in [0.3, 0.4) is 0 Å². The summed E-state index contributed by atoms with van der Waals surface area (Å²) in [5.41, 5.74) is 7.21. The molecule has 1 heterocycles. The number of hydrazine groups is 1. The standard InChI is InChI=1S/C24H22BrN3O3S2/c1-16(14-17-6-3-2-4-7-17)15-20-23(31)28(24(32)33-20)13-5-8-21(29)26-27-22(30)18-9-11-19(25)12-10-18/h2-4,6-7,9-12,14-15H,5,8,13H2,1H3,(H,26,29)(H,27,30)/b16-14+,20-15-. The zero-order valence-corrected chi connectivity index (χ0v) is 21.1. The number of hydrogen-bond donors (Lipinski definition) is 2. The van der Waals surface area contributed by atoms with E-state index in [1.54, 1.807) is 24.3 Å². The molecule has 1 saturated heterocycles. The molecule has 9 heteroatoms. The van der Waals surface area contributed by atoms with Gasteiger partial charge in [-0.15, -0.1) is 0 Å². The highest BCUT2D eigenvalue weighted by Gasteiger charge is 2.31. The number of allylic oxidation sites excluding steroid dienone is 2. The van der Waals surface area contributed by atoms with Crippen LogP contribution in [0.4, 0.5) is 0 Å². The Hall–Kier alpha value is -2.75. The van der Waals surface area contributed by atoms with Crippen LogP contribution in [-0.2, 0) is 9.59 Å². The molecule has 0 unspecified atom stereocenters. The Labute approximate surface area is 210 Å². The molecule has 3 rings (SSSR count). The van der Waals surface area contributed by atoms with Gasteiger partial charge in [0.1, 0.15) is 4.32 Å². The normalized spacial score (nSPS) is 15.2. The highest BCUT2D eigenvalue weighted by atomic mass is 79.9. The molecule has 0 bridgehead atoms. The van der Waals surface area contributed by atoms with E-state index in [0.717, 1.165) is 15.6 Å². The summed E-state index contributed by atoms with van der Waals surface area (Å²) in [6.45, 7) is 2.27. The van der Waals surface area contributed by atoms with Crippen LogP contribution in [0.1, 0.15) is 35.7 Å². The fraction of sp³-hybridized carbons (Fsp3) is 0.167. The van der Waals surface area contributed by atoms with Crippen molar-refractivity contribution in [3.8, 4) is 0 Å². The molecule has 1 fully saturated rings. The van der Waals surface area contributed by atoms with Crippen LogP contribution in [0.25, 0.3) is 6.08 Å². The second kappa shape index (κ2) is 11.9. The molecular formula is C24H22BrN3O3S2. The van der Waals surface area contributed by atoms with Gasteiger partial charge in [-0.05, 0) is 54.8 Å². The van der Waals surface area contributed by atoms with E-state index < -0.39 is 5.91 Å². The zero-order chi connectivity index (χ0) is 23.8. The van der Waals surface area contributed by atoms with E-state index in [4.69, 9.17) is 12.2 Å². The average molecular weight is 544 g/mol. The number of hydrogen-bond acceptors (Lipinski definition) is 5. The summed E-state index contributed by atoms with van der Waals surface area (Å²) < 4.78 is 1.33. The molecule has 2 N–H and O–H groups in total. The first-order valence-electron chi connectivity index (χ1n) is 10.2. The van der Waals surface area contributed by atoms with Gasteiger partial charge in [-0.2, -0.15) is 0 Å². The predicted octanol–water partition coefficient (Wildman–Crippen LogP) is 4.84. The first-order valence-corrected chi connectivity index (χ1v) is 12.2. The van der Waals surface area contributed by atoms with Gasteiger partial charge in [-0.1, -0.05) is 76.3 Å². The summed E-state index contributed by atoms with van der Waals surface area (Å²) in [7, 11) is 0. The van der Waals surface area contributed by atoms with Gasteiger partial charge >= 0.3 is 0 Å². The molecule has 0 aliphatic carbocycles. The van der Waals surface area contributed by atoms with Crippen molar-refractivity contribution in [2.24, 2.45) is 0 Å². The number of carbonyl (C=O) groups is 3. The molecule has 0 atom stereocenters. The van der Waals surface area contributed by atoms with Crippen LogP contribution >= 0.6 is 39.9 Å². The molecule has 1 aliphatic rings. The van der Waals surface area contributed by atoms with Crippen LogP contribution in [0, 0.1) is 0 Å². The molecule has 2 aromatic carbocycles. The van der Waals surface area contributed by atoms with E-state index in [0.29, 0.717) is 27.8 Å². The van der Waals surface area contributed by atoms with Gasteiger partial charge in [0.05, 0.1) is 4.91 Å². The lowest BCUT2D eigenvalue weighted by molar-refractivity contribution is -0.124. The Morgan fingerprint density at radius 3 is 2.48 bits per heavy atom. The number of carbonyl (C=O) groups excluding carboxylic acids is 3. The number of rotatable bonds is 7. The van der Waals surface area contributed by atoms with Gasteiger partial charge in [0.25, 0.3) is 11.8 Å². The largest absolute Gasteiger partial charge is 0.293 e. The minimum absolute atomic E-state index is 0.143. The third-order valence-corrected chi connectivity index (χ3v) is 6.54. The number of thioether (sulfide) groups is 1. The summed E-state index contributed by atoms with van der Waals surface area (Å²) in [5, 5.41) is 0. The van der Waals surface area contributed by atoms with E-state index in [-0.39, 0.29) is 18.2 Å². The maximum Gasteiger partial charge on any atom is 0.269 e. The molecule has 33 heavy (non-hydrogen) atoms. The van der Waals surface area contributed by atoms with Crippen molar-refractivity contribution >= 4 is 68.0 Å². The number of amides is 3. The van der Waals surface area contributed by atoms with Crippen molar-refractivity contribution in [3.63, 3.8) is 0 Å². The highest BCUT2D eigenvalue weighted by Crippen LogP contribution is 2.32. The van der Waals surface area contributed by atoms with Crippen LogP contribution in [0.15, 0.2) is 75.6 Å². The predicted molar refractivity (Wildman–Crippen MR) is 139 cm³/mol. The van der Waals surface area contributed by atoms with E-state index in [1.807, 2.05) is 49.4 Å². The van der Waals surface area contributed by atoms with Crippen LogP contribution in [0.5, 0.6) is 0 Å². The lowest BCUT2D eigenvalue weighted by atomic mass is 10.1. The monoisotopic (exact) mass is 543 g/mol. The summed E-state index contributed by atoms with van der Waals surface area (Å²) in [5.74, 6) is -0.908. The summed E-state index contributed by atoms with van der Waals surface area (Å²) in [6.07, 6.45) is 4.39. The molecule has 0 radical (unpaired) electrons. The quantitative estimate of drug-likeness (QED) is 0.297. The number of nitrogens with one attached hydrogen (secondary N) is 2. The van der Waals surface area contributed by atoms with Gasteiger partial charge in [0.2, 0.25) is 5.91 Å². The molecule has 170 valence electrons. The summed E-state index contributed by atoms with van der Waals surface area (Å²) in [6, 6.07) is 16.6. The third-order valence-electron chi connectivity index (χ3n) is 4.63. The zero-order valence-electron chi connectivity index (χ0n) is 17.8. The number of nitrogens with zero attached hydrogens (tertiary/aromatic N) is 1. The fourth-order valence-electron chi connectivity index (χ4n) is 3.01. The topological polar surface area (TPSA) is 78.5 Å². The molecular weight excluding hydrogens is 522 g/mol. The first kappa shape index (κ1) is 24.9. The van der Waals surface area contributed by atoms with Crippen molar-refractivity contribution in [3.05, 3.63) is 86.8 Å². The second-order valence-electron chi connectivity index (χ2n) is 7.25. The molecule has 0 spiro atoms. The van der Waals surface area contributed by atoms with Gasteiger partial charge in [0, 0.05) is 23.0 Å². The Kier molecular flexibility index (Phi) is 8.99. The van der Waals surface area contributed by atoms with E-state index in [2.05, 4.69) is 26.8 Å². The van der Waals surface area contributed by atoms with Crippen LogP contribution in [0.2, 0.25) is 0 Å². The molecule has 0 aromatic heterocycles. The van der Waals surface area contributed by atoms with Gasteiger partial charge < -0.3 is 0 Å². The van der Waals surface area contributed by atoms with Crippen molar-refractivity contribution in [1.29, 1.82) is 0 Å². The Bertz CT molecular complexity index is 1120. The van der Waals surface area contributed by atoms with Crippen molar-refractivity contribution in [1.82, 2.24) is 15.8 Å².